The largest absolute Gasteiger partial charge is 0.381 e. The number of benzene rings is 6. The molecule has 0 amide bonds. The summed E-state index contributed by atoms with van der Waals surface area (Å²) in [5.74, 6) is 0. The van der Waals surface area contributed by atoms with Crippen LogP contribution in [0.15, 0.2) is 139 Å². The molecule has 0 fully saturated rings. The highest BCUT2D eigenvalue weighted by molar-refractivity contribution is 6.21. The summed E-state index contributed by atoms with van der Waals surface area (Å²) in [6.45, 7) is 3.04. The summed E-state index contributed by atoms with van der Waals surface area (Å²) < 4.78 is 0. The fraction of sp³-hybridized carbons (Fsp3) is 0.0952. The second kappa shape index (κ2) is 10.6. The molecule has 0 aromatic heterocycles. The Kier molecular flexibility index (Phi) is 6.30. The van der Waals surface area contributed by atoms with Crippen LogP contribution in [0.3, 0.4) is 0 Å². The molecule has 0 atom stereocenters. The zero-order valence-corrected chi connectivity index (χ0v) is 24.4. The Hall–Kier alpha value is -5.14. The minimum absolute atomic E-state index is 0.881. The van der Waals surface area contributed by atoms with E-state index in [0.29, 0.717) is 0 Å². The monoisotopic (exact) mass is 551 g/mol. The number of aryl methyl sites for hydroxylation is 1. The molecule has 1 aliphatic heterocycles. The lowest BCUT2D eigenvalue weighted by atomic mass is 9.84. The van der Waals surface area contributed by atoms with Crippen molar-refractivity contribution in [1.82, 2.24) is 5.32 Å². The van der Waals surface area contributed by atoms with E-state index in [2.05, 4.69) is 152 Å². The number of hydrogen-bond acceptors (Lipinski definition) is 1. The molecule has 1 nitrogen and oxygen atoms in total. The Morgan fingerprint density at radius 2 is 1.16 bits per heavy atom. The lowest BCUT2D eigenvalue weighted by Gasteiger charge is -2.19. The van der Waals surface area contributed by atoms with Crippen LogP contribution in [0.25, 0.3) is 66.7 Å². The molecule has 1 N–H and O–H groups in total. The van der Waals surface area contributed by atoms with Gasteiger partial charge in [0, 0.05) is 12.2 Å². The number of rotatable bonds is 4. The third-order valence-electron chi connectivity index (χ3n) is 9.01. The second-order valence-electron chi connectivity index (χ2n) is 11.7. The van der Waals surface area contributed by atoms with Gasteiger partial charge in [-0.2, -0.15) is 0 Å². The molecule has 0 radical (unpaired) electrons. The number of fused-ring (bicyclic) bond motifs is 3. The summed E-state index contributed by atoms with van der Waals surface area (Å²) in [7, 11) is 0. The van der Waals surface area contributed by atoms with Gasteiger partial charge in [-0.3, -0.25) is 0 Å². The number of nitrogens with one attached hydrogen (secondary N) is 1. The van der Waals surface area contributed by atoms with E-state index < -0.39 is 0 Å². The molecule has 206 valence electrons. The van der Waals surface area contributed by atoms with Crippen molar-refractivity contribution in [3.05, 3.63) is 156 Å². The summed E-state index contributed by atoms with van der Waals surface area (Å²) in [6, 6.07) is 42.9. The lowest BCUT2D eigenvalue weighted by Crippen LogP contribution is -2.15. The average molecular weight is 552 g/mol. The van der Waals surface area contributed by atoms with Crippen molar-refractivity contribution in [2.75, 3.05) is 6.54 Å². The van der Waals surface area contributed by atoms with E-state index in [9.17, 15) is 0 Å². The quantitative estimate of drug-likeness (QED) is 0.215. The molecule has 6 aromatic carbocycles. The Morgan fingerprint density at radius 1 is 0.558 bits per heavy atom. The topological polar surface area (TPSA) is 12.0 Å². The van der Waals surface area contributed by atoms with Crippen molar-refractivity contribution in [2.45, 2.75) is 19.8 Å². The van der Waals surface area contributed by atoms with Crippen LogP contribution < -0.4 is 5.32 Å². The molecule has 1 heterocycles. The van der Waals surface area contributed by atoms with Gasteiger partial charge < -0.3 is 5.32 Å². The van der Waals surface area contributed by atoms with E-state index in [1.165, 1.54) is 82.9 Å². The van der Waals surface area contributed by atoms with Crippen LogP contribution in [0.2, 0.25) is 0 Å². The van der Waals surface area contributed by atoms with E-state index in [-0.39, 0.29) is 0 Å². The van der Waals surface area contributed by atoms with E-state index >= 15 is 0 Å². The van der Waals surface area contributed by atoms with E-state index in [1.807, 2.05) is 0 Å². The normalized spacial score (nSPS) is 14.3. The first-order valence-electron chi connectivity index (χ1n) is 15.3. The van der Waals surface area contributed by atoms with Crippen LogP contribution in [0.1, 0.15) is 30.0 Å². The van der Waals surface area contributed by atoms with Gasteiger partial charge in [-0.05, 0) is 104 Å². The van der Waals surface area contributed by atoms with Crippen LogP contribution in [0, 0.1) is 0 Å². The van der Waals surface area contributed by atoms with Crippen LogP contribution in [0.5, 0.6) is 0 Å². The molecule has 0 saturated carbocycles. The van der Waals surface area contributed by atoms with Crippen molar-refractivity contribution >= 4 is 33.3 Å². The van der Waals surface area contributed by atoms with Crippen molar-refractivity contribution in [2.24, 2.45) is 0 Å². The van der Waals surface area contributed by atoms with Gasteiger partial charge in [-0.1, -0.05) is 133 Å². The zero-order chi connectivity index (χ0) is 28.8. The highest BCUT2D eigenvalue weighted by atomic mass is 14.9. The SMILES string of the molecule is CC1=CCNC(c2ccc(-c3cccc(-c4c5ccccc5c(-c5ccc6c(c5)CCC=C6)c5ccccc45)c3)cc2)=C1. The van der Waals surface area contributed by atoms with E-state index in [4.69, 9.17) is 0 Å². The Balaban J connectivity index is 1.28. The maximum absolute atomic E-state index is 3.50. The van der Waals surface area contributed by atoms with Gasteiger partial charge in [0.1, 0.15) is 0 Å². The van der Waals surface area contributed by atoms with Gasteiger partial charge in [0.15, 0.2) is 0 Å². The average Bonchev–Trinajstić information content (AvgIpc) is 3.07. The van der Waals surface area contributed by atoms with Gasteiger partial charge >= 0.3 is 0 Å². The predicted octanol–water partition coefficient (Wildman–Crippen LogP) is 10.8. The van der Waals surface area contributed by atoms with Crippen molar-refractivity contribution < 1.29 is 0 Å². The van der Waals surface area contributed by atoms with Gasteiger partial charge in [-0.15, -0.1) is 0 Å². The van der Waals surface area contributed by atoms with Crippen molar-refractivity contribution in [1.29, 1.82) is 0 Å². The van der Waals surface area contributed by atoms with Crippen molar-refractivity contribution in [3.63, 3.8) is 0 Å². The third-order valence-corrected chi connectivity index (χ3v) is 9.01. The summed E-state index contributed by atoms with van der Waals surface area (Å²) >= 11 is 0. The highest BCUT2D eigenvalue weighted by Gasteiger charge is 2.18. The molecular formula is C42H33N. The molecule has 0 saturated heterocycles. The van der Waals surface area contributed by atoms with Gasteiger partial charge in [0.05, 0.1) is 0 Å². The molecule has 0 spiro atoms. The maximum Gasteiger partial charge on any atom is 0.0418 e. The van der Waals surface area contributed by atoms with E-state index in [1.54, 1.807) is 0 Å². The first-order chi connectivity index (χ1) is 21.2. The fourth-order valence-corrected chi connectivity index (χ4v) is 6.88. The molecule has 8 rings (SSSR count). The molecule has 6 aromatic rings. The first kappa shape index (κ1) is 25.6. The summed E-state index contributed by atoms with van der Waals surface area (Å²) in [4.78, 5) is 0. The third kappa shape index (κ3) is 4.58. The molecule has 0 unspecified atom stereocenters. The standard InChI is InChI=1S/C42H33N/c1-28-23-24-43-40(25-28)31-20-17-30(18-21-31)33-11-8-12-34(26-33)41-36-13-4-6-15-38(36)42(39-16-7-5-14-37(39)41)35-22-19-29-9-2-3-10-32(29)27-35/h2,4-9,11-23,25-27,43H,3,10,24H2,1H3. The van der Waals surface area contributed by atoms with Crippen LogP contribution >= 0.6 is 0 Å². The van der Waals surface area contributed by atoms with Gasteiger partial charge in [0.2, 0.25) is 0 Å². The van der Waals surface area contributed by atoms with Crippen LogP contribution in [-0.4, -0.2) is 6.54 Å². The Bertz CT molecular complexity index is 2060. The van der Waals surface area contributed by atoms with Gasteiger partial charge in [-0.25, -0.2) is 0 Å². The zero-order valence-electron chi connectivity index (χ0n) is 24.4. The number of allylic oxidation sites excluding steroid dienone is 3. The van der Waals surface area contributed by atoms with Crippen LogP contribution in [0.4, 0.5) is 0 Å². The number of dihydropyridines is 1. The molecule has 43 heavy (non-hydrogen) atoms. The molecule has 0 bridgehead atoms. The predicted molar refractivity (Wildman–Crippen MR) is 185 cm³/mol. The highest BCUT2D eigenvalue weighted by Crippen LogP contribution is 2.44. The molecular weight excluding hydrogens is 518 g/mol. The Labute approximate surface area is 253 Å². The van der Waals surface area contributed by atoms with E-state index in [0.717, 1.165) is 19.4 Å². The first-order valence-corrected chi connectivity index (χ1v) is 15.3. The molecule has 1 heteroatoms. The van der Waals surface area contributed by atoms with Crippen molar-refractivity contribution in [3.8, 4) is 33.4 Å². The second-order valence-corrected chi connectivity index (χ2v) is 11.7. The molecule has 2 aliphatic rings. The lowest BCUT2D eigenvalue weighted by molar-refractivity contribution is 0.981. The molecule has 1 aliphatic carbocycles. The number of hydrogen-bond donors (Lipinski definition) is 1. The maximum atomic E-state index is 3.50. The van der Waals surface area contributed by atoms with Gasteiger partial charge in [0.25, 0.3) is 0 Å². The minimum atomic E-state index is 0.881. The minimum Gasteiger partial charge on any atom is -0.381 e. The fourth-order valence-electron chi connectivity index (χ4n) is 6.88. The summed E-state index contributed by atoms with van der Waals surface area (Å²) in [6.07, 6.45) is 11.2. The van der Waals surface area contributed by atoms with Crippen LogP contribution in [-0.2, 0) is 6.42 Å². The summed E-state index contributed by atoms with van der Waals surface area (Å²) in [5.41, 5.74) is 14.1. The Morgan fingerprint density at radius 3 is 1.84 bits per heavy atom. The summed E-state index contributed by atoms with van der Waals surface area (Å²) in [5, 5.41) is 8.69. The smallest absolute Gasteiger partial charge is 0.0418 e.